The average molecular weight is 894 g/mol. The van der Waals surface area contributed by atoms with Gasteiger partial charge in [0.1, 0.15) is 50.6 Å². The summed E-state index contributed by atoms with van der Waals surface area (Å²) in [6.45, 7) is 21.5. The van der Waals surface area contributed by atoms with Crippen LogP contribution in [0.15, 0.2) is 6.20 Å². The number of nitrogens with zero attached hydrogens (tertiary/aromatic N) is 3. The molecule has 1 aromatic rings. The third-order valence-corrected chi connectivity index (χ3v) is 9.48. The van der Waals surface area contributed by atoms with Gasteiger partial charge in [-0.2, -0.15) is 0 Å². The molecule has 2 bridgehead atoms. The Labute approximate surface area is 367 Å². The summed E-state index contributed by atoms with van der Waals surface area (Å²) in [5.74, 6) is -6.43. The van der Waals surface area contributed by atoms with Crippen LogP contribution in [-0.2, 0) is 65.7 Å². The van der Waals surface area contributed by atoms with Crippen LogP contribution in [0.2, 0.25) is 0 Å². The number of esters is 1. The van der Waals surface area contributed by atoms with Gasteiger partial charge in [-0.25, -0.2) is 9.59 Å². The lowest BCUT2D eigenvalue weighted by molar-refractivity contribution is -0.153. The molecule has 8 amide bonds. The highest BCUT2D eigenvalue weighted by Gasteiger charge is 2.43. The van der Waals surface area contributed by atoms with Gasteiger partial charge in [0.15, 0.2) is 0 Å². The Morgan fingerprint density at radius 1 is 0.746 bits per heavy atom. The Bertz CT molecular complexity index is 1930. The van der Waals surface area contributed by atoms with Crippen molar-refractivity contribution >= 4 is 53.4 Å². The molecule has 0 spiro atoms. The number of methoxy groups -OCH3 is 1. The summed E-state index contributed by atoms with van der Waals surface area (Å²) in [6.07, 6.45) is -0.795. The number of nitrogens with one attached hydrogen (secondary N) is 8. The van der Waals surface area contributed by atoms with Crippen LogP contribution in [0.3, 0.4) is 0 Å². The van der Waals surface area contributed by atoms with E-state index in [2.05, 4.69) is 52.8 Å². The number of aromatic nitrogens is 3. The average Bonchev–Trinajstić information content (AvgIpc) is 3.57. The van der Waals surface area contributed by atoms with Crippen molar-refractivity contribution < 1.29 is 57.4 Å². The Morgan fingerprint density at radius 3 is 1.81 bits per heavy atom. The molecule has 354 valence electrons. The van der Waals surface area contributed by atoms with Crippen LogP contribution in [0.1, 0.15) is 122 Å². The minimum absolute atomic E-state index is 0.00159. The van der Waals surface area contributed by atoms with Crippen molar-refractivity contribution in [2.45, 2.75) is 181 Å². The van der Waals surface area contributed by atoms with Crippen molar-refractivity contribution in [1.29, 1.82) is 0 Å². The predicted octanol–water partition coefficient (Wildman–Crippen LogP) is -0.534. The van der Waals surface area contributed by atoms with Crippen molar-refractivity contribution in [2.75, 3.05) is 7.11 Å². The molecule has 1 aromatic heterocycles. The van der Waals surface area contributed by atoms with Crippen LogP contribution >= 0.6 is 0 Å². The summed E-state index contributed by atoms with van der Waals surface area (Å²) in [6, 6.07) is -1.27. The SMILES string of the molecule is COC(=O)C(C)(C)NC(=O)C1NC(=O)C(C)(C)NC(=O)C(C)(C)NC(=O)[C@@H](NC(=O)C(C)(C)NC(=O)C(C)(C)NC(=O)C(C)(C)NC(=O)OC(C)(C)C)CCCn2cc(nn2)CO1. The second-order valence-electron chi connectivity index (χ2n) is 19.5. The largest absolute Gasteiger partial charge is 0.467 e. The van der Waals surface area contributed by atoms with Gasteiger partial charge in [0.05, 0.1) is 19.9 Å². The first-order chi connectivity index (χ1) is 28.4. The number of carbonyl (C=O) groups excluding carboxylic acids is 9. The molecule has 0 radical (unpaired) electrons. The standard InChI is InChI=1S/C40H67N11O12/c1-34(2,3)63-33(60)48-39(12,13)31(58)47-38(10,11)30(57)46-35(4,5)27(54)41-23-18-17-19-51-20-22(49-50-51)21-62-26(25(53)44-40(14,15)32(59)61-16)42-28(55)36(6,7)45-29(56)37(8,9)43-24(23)52/h20,23,26H,17-19,21H2,1-16H3,(H,41,54)(H,42,55)(H,43,52)(H,44,53)(H,45,56)(H,46,57)(H,47,58)(H,48,60)/t23-,26?/m0/s1. The molecule has 0 saturated heterocycles. The molecule has 23 nitrogen and oxygen atoms in total. The van der Waals surface area contributed by atoms with Crippen LogP contribution in [0.25, 0.3) is 0 Å². The lowest BCUT2D eigenvalue weighted by atomic mass is 9.96. The van der Waals surface area contributed by atoms with E-state index < -0.39 is 105 Å². The van der Waals surface area contributed by atoms with Crippen LogP contribution in [-0.4, -0.2) is 127 Å². The summed E-state index contributed by atoms with van der Waals surface area (Å²) in [7, 11) is 1.15. The molecule has 23 heteroatoms. The van der Waals surface area contributed by atoms with Crippen LogP contribution in [0.4, 0.5) is 4.79 Å². The number of rotatable bonds is 10. The van der Waals surface area contributed by atoms with Crippen LogP contribution in [0, 0.1) is 0 Å². The van der Waals surface area contributed by atoms with Crippen LogP contribution < -0.4 is 42.5 Å². The van der Waals surface area contributed by atoms with E-state index in [9.17, 15) is 43.2 Å². The monoisotopic (exact) mass is 893 g/mol. The number of carbonyl (C=O) groups is 9. The van der Waals surface area contributed by atoms with E-state index in [1.807, 2.05) is 0 Å². The first-order valence-corrected chi connectivity index (χ1v) is 20.3. The van der Waals surface area contributed by atoms with Gasteiger partial charge in [-0.1, -0.05) is 5.21 Å². The van der Waals surface area contributed by atoms with Crippen molar-refractivity contribution in [3.63, 3.8) is 0 Å². The molecule has 2 rings (SSSR count). The second kappa shape index (κ2) is 19.7. The minimum atomic E-state index is -1.72. The van der Waals surface area contributed by atoms with Gasteiger partial charge in [0.2, 0.25) is 41.7 Å². The maximum atomic E-state index is 13.9. The molecule has 2 atom stereocenters. The highest BCUT2D eigenvalue weighted by molar-refractivity contribution is 6.01. The van der Waals surface area contributed by atoms with Crippen molar-refractivity contribution in [3.05, 3.63) is 11.9 Å². The first-order valence-electron chi connectivity index (χ1n) is 20.3. The van der Waals surface area contributed by atoms with Gasteiger partial charge in [-0.3, -0.25) is 38.2 Å². The van der Waals surface area contributed by atoms with Crippen molar-refractivity contribution in [2.24, 2.45) is 0 Å². The summed E-state index contributed by atoms with van der Waals surface area (Å²) < 4.78 is 17.2. The lowest BCUT2D eigenvalue weighted by Crippen LogP contribution is -2.67. The Balaban J connectivity index is 2.35. The number of ether oxygens (including phenoxy) is 3. The smallest absolute Gasteiger partial charge is 0.408 e. The molecule has 0 fully saturated rings. The number of amides is 8. The number of alkyl carbamates (subject to hydrolysis) is 1. The Kier molecular flexibility index (Phi) is 16.6. The molecule has 2 heterocycles. The number of fused-ring (bicyclic) bond motifs is 2. The molecule has 1 unspecified atom stereocenters. The lowest BCUT2D eigenvalue weighted by Gasteiger charge is -2.36. The highest BCUT2D eigenvalue weighted by atomic mass is 16.6. The topological polar surface area (TPSA) is 308 Å². The van der Waals surface area contributed by atoms with Gasteiger partial charge < -0.3 is 56.7 Å². The molecule has 1 aliphatic rings. The summed E-state index contributed by atoms with van der Waals surface area (Å²) in [5, 5.41) is 28.6. The van der Waals surface area contributed by atoms with Gasteiger partial charge in [0.25, 0.3) is 5.91 Å². The quantitative estimate of drug-likeness (QED) is 0.137. The van der Waals surface area contributed by atoms with E-state index in [1.165, 1.54) is 94.0 Å². The highest BCUT2D eigenvalue weighted by Crippen LogP contribution is 2.17. The van der Waals surface area contributed by atoms with Crippen LogP contribution in [0.5, 0.6) is 0 Å². The molecule has 63 heavy (non-hydrogen) atoms. The minimum Gasteiger partial charge on any atom is -0.467 e. The number of aryl methyl sites for hydroxylation is 1. The van der Waals surface area contributed by atoms with E-state index in [0.717, 1.165) is 7.11 Å². The number of hydrogen-bond acceptors (Lipinski definition) is 14. The molecular weight excluding hydrogens is 827 g/mol. The normalized spacial score (nSPS) is 19.3. The second-order valence-corrected chi connectivity index (χ2v) is 19.5. The zero-order valence-corrected chi connectivity index (χ0v) is 39.3. The fourth-order valence-electron chi connectivity index (χ4n) is 5.47. The van der Waals surface area contributed by atoms with Crippen molar-refractivity contribution in [1.82, 2.24) is 57.5 Å². The molecule has 8 N–H and O–H groups in total. The fraction of sp³-hybridized carbons (Fsp3) is 0.725. The third-order valence-electron chi connectivity index (χ3n) is 9.48. The summed E-state index contributed by atoms with van der Waals surface area (Å²) in [4.78, 5) is 120. The van der Waals surface area contributed by atoms with E-state index in [1.54, 1.807) is 20.8 Å². The van der Waals surface area contributed by atoms with Gasteiger partial charge in [-0.15, -0.1) is 5.10 Å². The van der Waals surface area contributed by atoms with Gasteiger partial charge in [-0.05, 0) is 117 Å². The maximum Gasteiger partial charge on any atom is 0.408 e. The Hall–Kier alpha value is -5.87. The molecule has 0 aliphatic carbocycles. The summed E-state index contributed by atoms with van der Waals surface area (Å²) in [5.41, 5.74) is -10.3. The van der Waals surface area contributed by atoms with E-state index in [4.69, 9.17) is 14.2 Å². The molecule has 0 saturated carbocycles. The molecular formula is C40H67N11O12. The predicted molar refractivity (Wildman–Crippen MR) is 224 cm³/mol. The summed E-state index contributed by atoms with van der Waals surface area (Å²) >= 11 is 0. The number of hydrogen-bond donors (Lipinski definition) is 8. The van der Waals surface area contributed by atoms with Gasteiger partial charge in [0, 0.05) is 6.54 Å². The Morgan fingerprint density at radius 2 is 1.27 bits per heavy atom. The maximum absolute atomic E-state index is 13.9. The molecule has 1 aliphatic heterocycles. The molecule has 0 aromatic carbocycles. The van der Waals surface area contributed by atoms with E-state index in [0.29, 0.717) is 0 Å². The zero-order chi connectivity index (χ0) is 48.7. The van der Waals surface area contributed by atoms with Gasteiger partial charge >= 0.3 is 12.1 Å². The third kappa shape index (κ3) is 15.5. The fourth-order valence-corrected chi connectivity index (χ4v) is 5.47. The first kappa shape index (κ1) is 53.3. The van der Waals surface area contributed by atoms with E-state index in [-0.39, 0.29) is 31.7 Å². The zero-order valence-electron chi connectivity index (χ0n) is 39.3. The van der Waals surface area contributed by atoms with E-state index >= 15 is 0 Å². The van der Waals surface area contributed by atoms with Crippen molar-refractivity contribution in [3.8, 4) is 0 Å².